The van der Waals surface area contributed by atoms with E-state index in [1.54, 1.807) is 12.1 Å². The van der Waals surface area contributed by atoms with Gasteiger partial charge in [0, 0.05) is 49.5 Å². The Labute approximate surface area is 308 Å². The van der Waals surface area contributed by atoms with Gasteiger partial charge in [-0.3, -0.25) is 24.0 Å². The van der Waals surface area contributed by atoms with Crippen molar-refractivity contribution in [2.24, 2.45) is 0 Å². The van der Waals surface area contributed by atoms with E-state index in [-0.39, 0.29) is 48.6 Å². The highest BCUT2D eigenvalue weighted by Gasteiger charge is 2.36. The third-order valence-corrected chi connectivity index (χ3v) is 9.14. The topological polar surface area (TPSA) is 173 Å². The quantitative estimate of drug-likeness (QED) is 0.0472. The van der Waals surface area contributed by atoms with Crippen LogP contribution in [-0.2, 0) is 30.3 Å². The van der Waals surface area contributed by atoms with Gasteiger partial charge in [0.1, 0.15) is 17.7 Å². The number of Topliss-reactive ketones (excluding diaryl/α,β-unsaturated/α-hetero) is 2. The number of nitrogens with zero attached hydrogens (tertiary/aromatic N) is 1. The lowest BCUT2D eigenvalue weighted by atomic mass is 9.88. The van der Waals surface area contributed by atoms with Gasteiger partial charge in [0.2, 0.25) is 23.6 Å². The molecule has 0 saturated carbocycles. The predicted molar refractivity (Wildman–Crippen MR) is 197 cm³/mol. The first-order valence-corrected chi connectivity index (χ1v) is 17.9. The number of aryl methyl sites for hydroxylation is 1. The Hall–Kier alpha value is -5.91. The molecule has 1 unspecified atom stereocenters. The second-order valence-electron chi connectivity index (χ2n) is 13.2. The van der Waals surface area contributed by atoms with Crippen molar-refractivity contribution in [1.82, 2.24) is 10.0 Å². The summed E-state index contributed by atoms with van der Waals surface area (Å²) in [4.78, 5) is 65.7. The first kappa shape index (κ1) is 38.3. The van der Waals surface area contributed by atoms with Gasteiger partial charge >= 0.3 is 6.16 Å². The molecule has 1 aromatic heterocycles. The molecule has 0 aliphatic heterocycles. The van der Waals surface area contributed by atoms with E-state index in [0.29, 0.717) is 55.5 Å². The number of amides is 2. The number of hydrogen-bond acceptors (Lipinski definition) is 9. The Bertz CT molecular complexity index is 1850. The lowest BCUT2D eigenvalue weighted by molar-refractivity contribution is -0.126. The zero-order valence-electron chi connectivity index (χ0n) is 29.7. The van der Waals surface area contributed by atoms with Crippen LogP contribution in [-0.4, -0.2) is 57.1 Å². The Morgan fingerprint density at radius 1 is 0.736 bits per heavy atom. The Kier molecular flexibility index (Phi) is 13.4. The predicted octanol–water partition coefficient (Wildman–Crippen LogP) is 6.61. The number of ether oxygens (including phenoxy) is 1. The number of rotatable bonds is 19. The third-order valence-electron chi connectivity index (χ3n) is 9.14. The van der Waals surface area contributed by atoms with Crippen LogP contribution in [0.15, 0.2) is 84.9 Å². The normalized spacial score (nSPS) is 12.3. The van der Waals surface area contributed by atoms with Crippen molar-refractivity contribution in [2.75, 3.05) is 11.9 Å². The molecule has 3 aromatic carbocycles. The molecule has 1 aliphatic carbocycles. The summed E-state index contributed by atoms with van der Waals surface area (Å²) in [5.74, 6) is -1.72. The summed E-state index contributed by atoms with van der Waals surface area (Å²) in [5, 5.41) is 25.6. The number of fused-ring (bicyclic) bond motifs is 3. The van der Waals surface area contributed by atoms with Crippen molar-refractivity contribution in [3.05, 3.63) is 102 Å². The zero-order valence-corrected chi connectivity index (χ0v) is 29.7. The highest BCUT2D eigenvalue weighted by atomic mass is 16.8. The summed E-state index contributed by atoms with van der Waals surface area (Å²) in [5.41, 5.74) is 5.77. The summed E-state index contributed by atoms with van der Waals surface area (Å²) in [6.45, 7) is 1.86. The molecule has 1 heterocycles. The number of carbonyl (C=O) groups excluding carboxylic acids is 5. The van der Waals surface area contributed by atoms with Gasteiger partial charge in [-0.2, -0.15) is 0 Å². The van der Waals surface area contributed by atoms with Crippen LogP contribution in [0.1, 0.15) is 87.3 Å². The number of unbranched alkanes of at least 4 members (excludes halogenated alkanes) is 2. The molecule has 0 radical (unpaired) electrons. The molecule has 0 saturated heterocycles. The van der Waals surface area contributed by atoms with Crippen molar-refractivity contribution >= 4 is 35.2 Å². The fraction of sp³-hybridized carbons (Fsp3) is 0.341. The highest BCUT2D eigenvalue weighted by Crippen LogP contribution is 2.47. The molecular formula is C41H45N3O9. The molecule has 1 atom stereocenters. The van der Waals surface area contributed by atoms with Crippen LogP contribution in [0.3, 0.4) is 0 Å². The molecule has 2 amide bonds. The summed E-state index contributed by atoms with van der Waals surface area (Å²) < 4.78 is 6.48. The van der Waals surface area contributed by atoms with Crippen molar-refractivity contribution in [3.8, 4) is 22.9 Å². The maximum atomic E-state index is 12.9. The molecule has 12 heteroatoms. The lowest BCUT2D eigenvalue weighted by Crippen LogP contribution is -2.30. The van der Waals surface area contributed by atoms with Crippen molar-refractivity contribution in [3.63, 3.8) is 0 Å². The number of ketones is 2. The molecule has 12 nitrogen and oxygen atoms in total. The Morgan fingerprint density at radius 2 is 1.36 bits per heavy atom. The number of nitrogens with one attached hydrogen (secondary N) is 2. The number of aromatic hydroxyl groups is 2. The fourth-order valence-electron chi connectivity index (χ4n) is 6.60. The molecule has 0 fully saturated rings. The first-order valence-electron chi connectivity index (χ1n) is 17.9. The van der Waals surface area contributed by atoms with E-state index in [1.165, 1.54) is 19.1 Å². The molecule has 1 aliphatic rings. The molecule has 5 rings (SSSR count). The van der Waals surface area contributed by atoms with E-state index in [9.17, 15) is 34.2 Å². The van der Waals surface area contributed by atoms with Gasteiger partial charge in [0.15, 0.2) is 0 Å². The average molecular weight is 724 g/mol. The second-order valence-corrected chi connectivity index (χ2v) is 13.2. The van der Waals surface area contributed by atoms with Gasteiger partial charge in [-0.1, -0.05) is 67.1 Å². The van der Waals surface area contributed by atoms with Crippen molar-refractivity contribution in [2.45, 2.75) is 83.2 Å². The minimum absolute atomic E-state index is 0.0472. The van der Waals surface area contributed by atoms with E-state index in [1.807, 2.05) is 60.7 Å². The van der Waals surface area contributed by atoms with E-state index >= 15 is 0 Å². The van der Waals surface area contributed by atoms with Crippen LogP contribution in [0.4, 0.5) is 10.5 Å². The molecule has 53 heavy (non-hydrogen) atoms. The third kappa shape index (κ3) is 10.8. The zero-order chi connectivity index (χ0) is 37.7. The summed E-state index contributed by atoms with van der Waals surface area (Å²) >= 11 is 0. The number of carbonyl (C=O) groups is 5. The van der Waals surface area contributed by atoms with Crippen LogP contribution in [0, 0.1) is 0 Å². The first-order chi connectivity index (χ1) is 25.6. The van der Waals surface area contributed by atoms with E-state index < -0.39 is 24.0 Å². The monoisotopic (exact) mass is 723 g/mol. The van der Waals surface area contributed by atoms with Crippen molar-refractivity contribution in [1.29, 1.82) is 0 Å². The molecule has 0 bridgehead atoms. The Balaban J connectivity index is 1.04. The highest BCUT2D eigenvalue weighted by molar-refractivity contribution is 5.98. The van der Waals surface area contributed by atoms with Gasteiger partial charge in [0.25, 0.3) is 0 Å². The SMILES string of the molecule is CC(=O)CC(=O)CCc1ccc(NC(=O)CCCC(=O)NCCCCCC(OC(=O)On2c(O)ccc2O)C2c3ccccc3-c3ccccc32)cc1. The smallest absolute Gasteiger partial charge is 0.492 e. The van der Waals surface area contributed by atoms with Crippen LogP contribution in [0.25, 0.3) is 11.1 Å². The minimum atomic E-state index is -1.06. The maximum Gasteiger partial charge on any atom is 0.534 e. The average Bonchev–Trinajstić information content (AvgIpc) is 3.64. The lowest BCUT2D eigenvalue weighted by Gasteiger charge is -2.25. The summed E-state index contributed by atoms with van der Waals surface area (Å²) in [6.07, 6.45) is 2.54. The molecular weight excluding hydrogens is 678 g/mol. The molecule has 4 aromatic rings. The van der Waals surface area contributed by atoms with E-state index in [4.69, 9.17) is 9.57 Å². The number of benzene rings is 3. The largest absolute Gasteiger partial charge is 0.534 e. The van der Waals surface area contributed by atoms with E-state index in [2.05, 4.69) is 10.6 Å². The number of aromatic nitrogens is 1. The van der Waals surface area contributed by atoms with Crippen LogP contribution >= 0.6 is 0 Å². The standard InChI is InChI=1S/C41H45N3O9/c1-27(45)26-30(46)22-19-28-17-20-29(21-18-28)43-37(48)16-9-15-36(47)42-25-8-2-3-14-35(52-41(51)53-44-38(49)23-24-39(44)50)40-33-12-6-4-10-31(33)32-11-5-7-13-34(32)40/h4-7,10-13,17-18,20-21,23-24,35,40,49-50H,2-3,8-9,14-16,19,22,25-26H2,1H3,(H,42,47)(H,43,48). The van der Waals surface area contributed by atoms with Crippen LogP contribution < -0.4 is 15.5 Å². The van der Waals surface area contributed by atoms with Gasteiger partial charge < -0.3 is 25.6 Å². The minimum Gasteiger partial charge on any atom is -0.492 e. The molecule has 4 N–H and O–H groups in total. The Morgan fingerprint density at radius 3 is 2.00 bits per heavy atom. The van der Waals surface area contributed by atoms with Gasteiger partial charge in [-0.25, -0.2) is 4.79 Å². The number of anilines is 1. The fourth-order valence-corrected chi connectivity index (χ4v) is 6.60. The number of hydrogen-bond donors (Lipinski definition) is 4. The molecule has 0 spiro atoms. The summed E-state index contributed by atoms with van der Waals surface area (Å²) in [7, 11) is 0. The maximum absolute atomic E-state index is 12.9. The van der Waals surface area contributed by atoms with Gasteiger partial charge in [-0.15, -0.1) is 4.73 Å². The molecule has 278 valence electrons. The van der Waals surface area contributed by atoms with Gasteiger partial charge in [-0.05, 0) is 79.0 Å². The van der Waals surface area contributed by atoms with E-state index in [0.717, 1.165) is 34.2 Å². The van der Waals surface area contributed by atoms with Crippen LogP contribution in [0.2, 0.25) is 0 Å². The van der Waals surface area contributed by atoms with Crippen molar-refractivity contribution < 1.29 is 43.8 Å². The second kappa shape index (κ2) is 18.5. The van der Waals surface area contributed by atoms with Crippen LogP contribution in [0.5, 0.6) is 11.8 Å². The van der Waals surface area contributed by atoms with Gasteiger partial charge in [0.05, 0.1) is 6.42 Å². The summed E-state index contributed by atoms with van der Waals surface area (Å²) in [6, 6.07) is 25.6.